The molecule has 0 rings (SSSR count). The molecule has 0 bridgehead atoms. The van der Waals surface area contributed by atoms with Crippen molar-refractivity contribution in [2.45, 2.75) is 6.08 Å². The fraction of sp³-hybridized carbons (Fsp3) is 1.00. The Labute approximate surface area is 38.7 Å². The molecule has 0 aromatic rings. The molecule has 6 heavy (non-hydrogen) atoms. The summed E-state index contributed by atoms with van der Waals surface area (Å²) in [6.07, 6.45) is -2.43. The van der Waals surface area contributed by atoms with E-state index in [-0.39, 0.29) is 0 Å². The Kier molecular flexibility index (Phi) is 1.52. The first-order valence-electron chi connectivity index (χ1n) is 2.52. The van der Waals surface area contributed by atoms with Crippen LogP contribution in [0.2, 0.25) is 0 Å². The second-order valence-electron chi connectivity index (χ2n) is 0.779. The van der Waals surface area contributed by atoms with Crippen LogP contribution < -0.4 is 0 Å². The van der Waals surface area contributed by atoms with Crippen LogP contribution in [0.4, 0.5) is 0 Å². The Morgan fingerprint density at radius 3 is 2.33 bits per heavy atom. The van der Waals surface area contributed by atoms with E-state index < -0.39 is 19.3 Å². The summed E-state index contributed by atoms with van der Waals surface area (Å²) < 4.78 is 12.8. The largest absolute Gasteiger partial charge is 0.394 e. The molecule has 0 aromatic carbocycles. The lowest BCUT2D eigenvalue weighted by Gasteiger charge is -1.96. The van der Waals surface area contributed by atoms with Gasteiger partial charge >= 0.3 is 0 Å². The van der Waals surface area contributed by atoms with Crippen molar-refractivity contribution in [1.29, 1.82) is 0 Å². The van der Waals surface area contributed by atoms with Crippen LogP contribution in [0, 0.1) is 0 Å². The normalized spacial score (nSPS) is 29.8. The van der Waals surface area contributed by atoms with Gasteiger partial charge in [0.2, 0.25) is 0 Å². The molecule has 0 aliphatic rings. The van der Waals surface area contributed by atoms with Crippen molar-refractivity contribution in [2.24, 2.45) is 0 Å². The SMILES string of the molecule is [2H][13C@@H](O)[C@@]([2H])(O)CO. The van der Waals surface area contributed by atoms with E-state index in [4.69, 9.17) is 18.1 Å². The summed E-state index contributed by atoms with van der Waals surface area (Å²) in [6.45, 7) is -2.90. The topological polar surface area (TPSA) is 60.7 Å². The third-order valence-corrected chi connectivity index (χ3v) is 0.311. The molecule has 0 radical (unpaired) electrons. The highest BCUT2D eigenvalue weighted by atomic mass is 16.4. The zero-order chi connectivity index (χ0) is 6.78. The molecule has 0 saturated carbocycles. The van der Waals surface area contributed by atoms with Crippen LogP contribution in [0.25, 0.3) is 0 Å². The van der Waals surface area contributed by atoms with Gasteiger partial charge in [-0.05, 0) is 0 Å². The van der Waals surface area contributed by atoms with Crippen LogP contribution in [0.1, 0.15) is 2.74 Å². The van der Waals surface area contributed by atoms with Crippen LogP contribution in [0.5, 0.6) is 0 Å². The van der Waals surface area contributed by atoms with Gasteiger partial charge in [0.25, 0.3) is 0 Å². The minimum Gasteiger partial charge on any atom is -0.394 e. The van der Waals surface area contributed by atoms with Gasteiger partial charge < -0.3 is 15.3 Å². The Morgan fingerprint density at radius 2 is 2.33 bits per heavy atom. The monoisotopic (exact) mass is 95.1 g/mol. The molecule has 0 heterocycles. The van der Waals surface area contributed by atoms with Gasteiger partial charge in [-0.1, -0.05) is 0 Å². The van der Waals surface area contributed by atoms with Gasteiger partial charge in [-0.2, -0.15) is 0 Å². The first-order chi connectivity index (χ1) is 3.50. The van der Waals surface area contributed by atoms with E-state index in [0.29, 0.717) is 0 Å². The number of rotatable bonds is 2. The Morgan fingerprint density at radius 1 is 1.83 bits per heavy atom. The maximum Gasteiger partial charge on any atom is 0.100 e. The Bertz CT molecular complexity index is 72.9. The van der Waals surface area contributed by atoms with Crippen molar-refractivity contribution < 1.29 is 18.1 Å². The molecular weight excluding hydrogens is 85.0 g/mol. The van der Waals surface area contributed by atoms with Gasteiger partial charge in [-0.3, -0.25) is 0 Å². The van der Waals surface area contributed by atoms with Crippen molar-refractivity contribution in [2.75, 3.05) is 13.2 Å². The molecule has 0 aliphatic carbocycles. The van der Waals surface area contributed by atoms with Crippen LogP contribution in [0.3, 0.4) is 0 Å². The third-order valence-electron chi connectivity index (χ3n) is 0.311. The highest BCUT2D eigenvalue weighted by molar-refractivity contribution is 4.43. The third kappa shape index (κ3) is 2.14. The zero-order valence-corrected chi connectivity index (χ0v) is 3.13. The van der Waals surface area contributed by atoms with Crippen molar-refractivity contribution in [3.63, 3.8) is 0 Å². The molecule has 0 spiro atoms. The van der Waals surface area contributed by atoms with Gasteiger partial charge in [0, 0.05) is 0 Å². The summed E-state index contributed by atoms with van der Waals surface area (Å²) in [5.74, 6) is 0. The Hall–Kier alpha value is -0.120. The summed E-state index contributed by atoms with van der Waals surface area (Å²) in [6, 6.07) is 0. The average molecular weight is 95.1 g/mol. The van der Waals surface area contributed by atoms with E-state index in [9.17, 15) is 0 Å². The summed E-state index contributed by atoms with van der Waals surface area (Å²) >= 11 is 0. The van der Waals surface area contributed by atoms with Crippen LogP contribution in [-0.2, 0) is 0 Å². The second-order valence-corrected chi connectivity index (χ2v) is 0.779. The maximum atomic E-state index is 8.38. The highest BCUT2D eigenvalue weighted by Crippen LogP contribution is 1.71. The minimum absolute atomic E-state index is 0.933. The average Bonchev–Trinajstić information content (AvgIpc) is 1.67. The van der Waals surface area contributed by atoms with Gasteiger partial charge in [0.1, 0.15) is 6.08 Å². The molecule has 3 heteroatoms. The fourth-order valence-electron chi connectivity index (χ4n) is 0.0408. The van der Waals surface area contributed by atoms with E-state index in [0.717, 1.165) is 0 Å². The van der Waals surface area contributed by atoms with Crippen molar-refractivity contribution in [3.8, 4) is 0 Å². The molecule has 0 saturated heterocycles. The smallest absolute Gasteiger partial charge is 0.100 e. The highest BCUT2D eigenvalue weighted by Gasteiger charge is 1.93. The maximum absolute atomic E-state index is 8.38. The molecule has 0 fully saturated rings. The molecule has 38 valence electrons. The number of aliphatic hydroxyl groups is 3. The predicted molar refractivity (Wildman–Crippen MR) is 20.2 cm³/mol. The van der Waals surface area contributed by atoms with E-state index in [1.54, 1.807) is 0 Å². The summed E-state index contributed by atoms with van der Waals surface area (Å²) in [7, 11) is 0. The van der Waals surface area contributed by atoms with E-state index in [2.05, 4.69) is 0 Å². The molecule has 2 atom stereocenters. The predicted octanol–water partition coefficient (Wildman–Crippen LogP) is -1.67. The zero-order valence-electron chi connectivity index (χ0n) is 5.13. The van der Waals surface area contributed by atoms with Crippen molar-refractivity contribution >= 4 is 0 Å². The van der Waals surface area contributed by atoms with E-state index in [1.807, 2.05) is 0 Å². The number of hydrogen-bond acceptors (Lipinski definition) is 3. The summed E-state index contributed by atoms with van der Waals surface area (Å²) in [5, 5.41) is 24.6. The van der Waals surface area contributed by atoms with Crippen LogP contribution in [0.15, 0.2) is 0 Å². The van der Waals surface area contributed by atoms with Crippen LogP contribution in [-0.4, -0.2) is 34.6 Å². The second kappa shape index (κ2) is 3.08. The first-order valence-corrected chi connectivity index (χ1v) is 1.44. The van der Waals surface area contributed by atoms with Gasteiger partial charge in [0.15, 0.2) is 0 Å². The first kappa shape index (κ1) is 2.96. The molecular formula is C3H8O3. The van der Waals surface area contributed by atoms with Gasteiger partial charge in [0.05, 0.1) is 15.9 Å². The molecule has 0 aliphatic heterocycles. The number of hydrogen-bond donors (Lipinski definition) is 3. The lowest BCUT2D eigenvalue weighted by molar-refractivity contribution is 0.0450. The van der Waals surface area contributed by atoms with Gasteiger partial charge in [-0.15, -0.1) is 0 Å². The van der Waals surface area contributed by atoms with Crippen molar-refractivity contribution in [3.05, 3.63) is 0 Å². The van der Waals surface area contributed by atoms with E-state index in [1.165, 1.54) is 0 Å². The minimum atomic E-state index is -2.43. The quantitative estimate of drug-likeness (QED) is 0.359. The Balaban J connectivity index is 3.71. The summed E-state index contributed by atoms with van der Waals surface area (Å²) in [5.41, 5.74) is 0. The standard InChI is InChI=1S/C3H8O3/c4-1-3(6)2-5/h3-6H,1-2H2/i1+1D,3D/t1-,3-/m1/s1. The molecule has 3 N–H and O–H groups in total. The van der Waals surface area contributed by atoms with Crippen LogP contribution >= 0.6 is 0 Å². The van der Waals surface area contributed by atoms with E-state index >= 15 is 0 Å². The molecule has 0 unspecified atom stereocenters. The molecule has 0 amide bonds. The lowest BCUT2D eigenvalue weighted by atomic mass is 10.6. The summed E-state index contributed by atoms with van der Waals surface area (Å²) in [4.78, 5) is 0. The van der Waals surface area contributed by atoms with Crippen molar-refractivity contribution in [1.82, 2.24) is 0 Å². The van der Waals surface area contributed by atoms with Gasteiger partial charge in [-0.25, -0.2) is 0 Å². The lowest BCUT2D eigenvalue weighted by Crippen LogP contribution is -2.15. The number of aliphatic hydroxyl groups excluding tert-OH is 2. The fourth-order valence-corrected chi connectivity index (χ4v) is 0.0408. The molecule has 3 nitrogen and oxygen atoms in total. The molecule has 0 aromatic heterocycles.